The van der Waals surface area contributed by atoms with Gasteiger partial charge in [0.25, 0.3) is 0 Å². The van der Waals surface area contributed by atoms with E-state index >= 15 is 0 Å². The number of aliphatic hydroxyl groups excluding tert-OH is 1. The molecule has 2 atom stereocenters. The van der Waals surface area contributed by atoms with Crippen LogP contribution in [0.2, 0.25) is 0 Å². The zero-order valence-corrected chi connectivity index (χ0v) is 13.8. The van der Waals surface area contributed by atoms with Gasteiger partial charge in [-0.3, -0.25) is 4.90 Å². The molecular weight excluding hydrogens is 294 g/mol. The van der Waals surface area contributed by atoms with Gasteiger partial charge in [-0.1, -0.05) is 24.3 Å². The highest BCUT2D eigenvalue weighted by Crippen LogP contribution is 2.31. The maximum Gasteiger partial charge on any atom is 0.123 e. The van der Waals surface area contributed by atoms with E-state index in [1.807, 2.05) is 29.6 Å². The molecule has 0 amide bonds. The van der Waals surface area contributed by atoms with Gasteiger partial charge in [0.2, 0.25) is 0 Å². The molecule has 118 valence electrons. The summed E-state index contributed by atoms with van der Waals surface area (Å²) in [5.41, 5.74) is 1.22. The number of ether oxygens (including phenoxy) is 1. The van der Waals surface area contributed by atoms with Crippen LogP contribution < -0.4 is 4.74 Å². The second-order valence-corrected chi connectivity index (χ2v) is 6.82. The van der Waals surface area contributed by atoms with Crippen molar-refractivity contribution in [3.63, 3.8) is 0 Å². The summed E-state index contributed by atoms with van der Waals surface area (Å²) in [6, 6.07) is 12.7. The van der Waals surface area contributed by atoms with Gasteiger partial charge in [0.05, 0.1) is 13.2 Å². The molecule has 3 nitrogen and oxygen atoms in total. The molecule has 2 aromatic rings. The Bertz CT molecular complexity index is 585. The van der Waals surface area contributed by atoms with Crippen molar-refractivity contribution in [2.45, 2.75) is 38.0 Å². The molecule has 1 aliphatic heterocycles. The van der Waals surface area contributed by atoms with Crippen LogP contribution >= 0.6 is 11.3 Å². The molecule has 1 fully saturated rings. The van der Waals surface area contributed by atoms with Gasteiger partial charge in [0, 0.05) is 23.0 Å². The van der Waals surface area contributed by atoms with Gasteiger partial charge in [-0.25, -0.2) is 0 Å². The highest BCUT2D eigenvalue weighted by atomic mass is 32.1. The second kappa shape index (κ2) is 7.27. The second-order valence-electron chi connectivity index (χ2n) is 5.85. The summed E-state index contributed by atoms with van der Waals surface area (Å²) in [5.74, 6) is 0.951. The van der Waals surface area contributed by atoms with Gasteiger partial charge in [-0.05, 0) is 43.3 Å². The maximum atomic E-state index is 10.4. The van der Waals surface area contributed by atoms with Gasteiger partial charge in [-0.15, -0.1) is 11.3 Å². The van der Waals surface area contributed by atoms with Crippen LogP contribution in [0.1, 0.15) is 35.8 Å². The molecule has 0 aliphatic carbocycles. The van der Waals surface area contributed by atoms with E-state index in [2.05, 4.69) is 17.0 Å². The fraction of sp³-hybridized carbons (Fsp3) is 0.444. The maximum absolute atomic E-state index is 10.4. The van der Waals surface area contributed by atoms with Crippen molar-refractivity contribution in [3.05, 3.63) is 52.2 Å². The number of nitrogens with zero attached hydrogens (tertiary/aromatic N) is 1. The number of rotatable bonds is 6. The standard InChI is InChI=1S/C18H23NO2S/c1-21-17-8-3-2-6-14(17)13-19-10-4-7-15(19)12-16(20)18-9-5-11-22-18/h2-3,5-6,8-9,11,15-16,20H,4,7,10,12-13H2,1H3. The Morgan fingerprint density at radius 1 is 1.32 bits per heavy atom. The lowest BCUT2D eigenvalue weighted by Crippen LogP contribution is -2.30. The zero-order chi connectivity index (χ0) is 15.4. The van der Waals surface area contributed by atoms with Crippen LogP contribution in [0, 0.1) is 0 Å². The van der Waals surface area contributed by atoms with Gasteiger partial charge in [0.1, 0.15) is 5.75 Å². The van der Waals surface area contributed by atoms with Crippen LogP contribution in [0.15, 0.2) is 41.8 Å². The first-order valence-electron chi connectivity index (χ1n) is 7.85. The number of hydrogen-bond donors (Lipinski definition) is 1. The predicted octanol–water partition coefficient (Wildman–Crippen LogP) is 3.84. The smallest absolute Gasteiger partial charge is 0.123 e. The van der Waals surface area contributed by atoms with Crippen molar-refractivity contribution in [2.24, 2.45) is 0 Å². The van der Waals surface area contributed by atoms with Crippen molar-refractivity contribution in [1.29, 1.82) is 0 Å². The highest BCUT2D eigenvalue weighted by Gasteiger charge is 2.28. The molecule has 1 aliphatic rings. The normalized spacial score (nSPS) is 20.2. The topological polar surface area (TPSA) is 32.7 Å². The van der Waals surface area contributed by atoms with Gasteiger partial charge < -0.3 is 9.84 Å². The summed E-state index contributed by atoms with van der Waals surface area (Å²) < 4.78 is 5.46. The lowest BCUT2D eigenvalue weighted by Gasteiger charge is -2.26. The SMILES string of the molecule is COc1ccccc1CN1CCCC1CC(O)c1cccs1. The monoisotopic (exact) mass is 317 g/mol. The van der Waals surface area contributed by atoms with E-state index < -0.39 is 0 Å². The van der Waals surface area contributed by atoms with Crippen molar-refractivity contribution >= 4 is 11.3 Å². The average molecular weight is 317 g/mol. The summed E-state index contributed by atoms with van der Waals surface area (Å²) >= 11 is 1.64. The Labute approximate surface area is 136 Å². The van der Waals surface area contributed by atoms with E-state index in [9.17, 15) is 5.11 Å². The molecule has 3 rings (SSSR count). The third kappa shape index (κ3) is 3.51. The van der Waals surface area contributed by atoms with Crippen molar-refractivity contribution < 1.29 is 9.84 Å². The summed E-state index contributed by atoms with van der Waals surface area (Å²) in [5, 5.41) is 12.4. The molecule has 0 bridgehead atoms. The number of hydrogen-bond acceptors (Lipinski definition) is 4. The number of para-hydroxylation sites is 1. The largest absolute Gasteiger partial charge is 0.496 e. The van der Waals surface area contributed by atoms with E-state index in [4.69, 9.17) is 4.74 Å². The molecule has 2 unspecified atom stereocenters. The van der Waals surface area contributed by atoms with Gasteiger partial charge in [0.15, 0.2) is 0 Å². The first kappa shape index (κ1) is 15.5. The van der Waals surface area contributed by atoms with Crippen LogP contribution in [0.3, 0.4) is 0 Å². The molecular formula is C18H23NO2S. The molecule has 0 saturated carbocycles. The zero-order valence-electron chi connectivity index (χ0n) is 12.9. The highest BCUT2D eigenvalue weighted by molar-refractivity contribution is 7.10. The first-order chi connectivity index (χ1) is 10.8. The molecule has 1 aromatic carbocycles. The minimum atomic E-state index is -0.344. The van der Waals surface area contributed by atoms with Crippen molar-refractivity contribution in [1.82, 2.24) is 4.90 Å². The third-order valence-electron chi connectivity index (χ3n) is 4.43. The summed E-state index contributed by atoms with van der Waals surface area (Å²) in [6.45, 7) is 1.99. The van der Waals surface area contributed by atoms with E-state index in [-0.39, 0.29) is 6.10 Å². The Balaban J connectivity index is 1.65. The number of thiophene rings is 1. The number of aliphatic hydroxyl groups is 1. The van der Waals surface area contributed by atoms with E-state index in [0.29, 0.717) is 6.04 Å². The van der Waals surface area contributed by atoms with Crippen LogP contribution in [-0.2, 0) is 6.54 Å². The Morgan fingerprint density at radius 3 is 2.95 bits per heavy atom. The van der Waals surface area contributed by atoms with Crippen LogP contribution in [-0.4, -0.2) is 29.7 Å². The van der Waals surface area contributed by atoms with Crippen molar-refractivity contribution in [3.8, 4) is 5.75 Å². The quantitative estimate of drug-likeness (QED) is 0.878. The summed E-state index contributed by atoms with van der Waals surface area (Å²) in [7, 11) is 1.72. The van der Waals surface area contributed by atoms with Crippen molar-refractivity contribution in [2.75, 3.05) is 13.7 Å². The van der Waals surface area contributed by atoms with E-state index in [1.165, 1.54) is 12.0 Å². The lowest BCUT2D eigenvalue weighted by atomic mass is 10.0. The van der Waals surface area contributed by atoms with Crippen LogP contribution in [0.4, 0.5) is 0 Å². The van der Waals surface area contributed by atoms with E-state index in [0.717, 1.165) is 36.6 Å². The minimum absolute atomic E-state index is 0.344. The first-order valence-corrected chi connectivity index (χ1v) is 8.73. The molecule has 22 heavy (non-hydrogen) atoms. The molecule has 1 saturated heterocycles. The molecule has 1 N–H and O–H groups in total. The predicted molar refractivity (Wildman–Crippen MR) is 90.3 cm³/mol. The molecule has 4 heteroatoms. The third-order valence-corrected chi connectivity index (χ3v) is 5.41. The molecule has 0 spiro atoms. The fourth-order valence-electron chi connectivity index (χ4n) is 3.28. The average Bonchev–Trinajstić information content (AvgIpc) is 3.20. The fourth-order valence-corrected chi connectivity index (χ4v) is 4.00. The number of likely N-dealkylation sites (tertiary alicyclic amines) is 1. The Hall–Kier alpha value is -1.36. The summed E-state index contributed by atoms with van der Waals surface area (Å²) in [6.07, 6.45) is 2.84. The lowest BCUT2D eigenvalue weighted by molar-refractivity contribution is 0.120. The number of benzene rings is 1. The molecule has 2 heterocycles. The van der Waals surface area contributed by atoms with Crippen LogP contribution in [0.5, 0.6) is 5.75 Å². The van der Waals surface area contributed by atoms with E-state index in [1.54, 1.807) is 18.4 Å². The molecule has 0 radical (unpaired) electrons. The Morgan fingerprint density at radius 2 is 2.18 bits per heavy atom. The minimum Gasteiger partial charge on any atom is -0.496 e. The van der Waals surface area contributed by atoms with Crippen LogP contribution in [0.25, 0.3) is 0 Å². The number of methoxy groups -OCH3 is 1. The summed E-state index contributed by atoms with van der Waals surface area (Å²) in [4.78, 5) is 3.55. The van der Waals surface area contributed by atoms with Gasteiger partial charge >= 0.3 is 0 Å². The Kier molecular flexibility index (Phi) is 5.13. The molecule has 1 aromatic heterocycles. The van der Waals surface area contributed by atoms with Gasteiger partial charge in [-0.2, -0.15) is 0 Å².